The third-order valence-corrected chi connectivity index (χ3v) is 0.562. The number of carboxylic acid groups (broad SMARTS) is 1. The van der Waals surface area contributed by atoms with Gasteiger partial charge in [-0.1, -0.05) is 6.37 Å². The summed E-state index contributed by atoms with van der Waals surface area (Å²) in [5.41, 5.74) is 9.70. The van der Waals surface area contributed by atoms with E-state index < -0.39 is 37.6 Å². The molecule has 0 aliphatic rings. The van der Waals surface area contributed by atoms with Crippen molar-refractivity contribution in [2.45, 2.75) is 25.1 Å². The van der Waals surface area contributed by atoms with Crippen LogP contribution in [-0.2, 0) is 4.79 Å². The van der Waals surface area contributed by atoms with Gasteiger partial charge in [-0.25, -0.2) is 0 Å². The summed E-state index contributed by atoms with van der Waals surface area (Å²) in [4.78, 5) is 10.7. The summed E-state index contributed by atoms with van der Waals surface area (Å²) >= 11 is 0. The van der Waals surface area contributed by atoms with Gasteiger partial charge >= 0.3 is 5.97 Å². The van der Waals surface area contributed by atoms with E-state index in [0.29, 0.717) is 0 Å². The van der Waals surface area contributed by atoms with Gasteiger partial charge in [-0.05, 0) is 19.2 Å². The molecule has 0 heterocycles. The highest BCUT2D eigenvalue weighted by Gasteiger charge is 2.09. The maximum absolute atomic E-state index is 10.7. The standard InChI is InChI=1S/C6H14N2O2.2ClH/c7-4-2-1-3-5(8)6(9)10;;/h5H,1-4,7-8H2,(H,9,10);2*1H/t5-;;/m0../s1/i1+1D2,2+1D2,3+1D2,4+1D2,5+1D,6+1,7+1,8+1;;. The van der Waals surface area contributed by atoms with Crippen molar-refractivity contribution in [1.82, 2.24) is 0 Å². The number of aliphatic carboxylic acids is 1. The molecule has 6 heteroatoms. The lowest BCUT2D eigenvalue weighted by molar-refractivity contribution is -0.138. The third kappa shape index (κ3) is 9.97. The summed E-state index contributed by atoms with van der Waals surface area (Å²) in [6.45, 7) is -3.32. The van der Waals surface area contributed by atoms with E-state index in [2.05, 4.69) is 0 Å². The van der Waals surface area contributed by atoms with Crippen molar-refractivity contribution in [1.29, 1.82) is 0 Å². The zero-order valence-corrected chi connectivity index (χ0v) is 7.46. The average molecular weight is 236 g/mol. The van der Waals surface area contributed by atoms with Crippen LogP contribution in [0.3, 0.4) is 0 Å². The first kappa shape index (κ1) is 4.46. The van der Waals surface area contributed by atoms with Gasteiger partial charge in [0.05, 0.1) is 1.37 Å². The smallest absolute Gasteiger partial charge is 0.320 e. The predicted octanol–water partition coefficient (Wildman–Crippen LogP) is 0.371. The molecule has 5 N–H and O–H groups in total. The van der Waals surface area contributed by atoms with Gasteiger partial charge in [0.1, 0.15) is 6.02 Å². The second-order valence-corrected chi connectivity index (χ2v) is 1.24. The first-order valence-electron chi connectivity index (χ1n) is 6.76. The van der Waals surface area contributed by atoms with Crippen LogP contribution in [0, 0.1) is 0 Å². The quantitative estimate of drug-likeness (QED) is 0.475. The molecule has 1 atom stereocenters. The van der Waals surface area contributed by atoms with Crippen molar-refractivity contribution in [2.24, 2.45) is 11.5 Å². The predicted molar refractivity (Wildman–Crippen MR) is 53.0 cm³/mol. The fourth-order valence-electron chi connectivity index (χ4n) is 0.188. The molecule has 0 spiro atoms. The molecule has 0 saturated carbocycles. The van der Waals surface area contributed by atoms with E-state index in [4.69, 9.17) is 28.9 Å². The van der Waals surface area contributed by atoms with E-state index in [-0.39, 0.29) is 24.8 Å². The molecule has 0 aromatic rings. The molecule has 76 valence electrons. The van der Waals surface area contributed by atoms with E-state index in [1.807, 2.05) is 0 Å². The largest absolute Gasteiger partial charge is 0.480 e. The zero-order chi connectivity index (χ0) is 16.1. The Labute approximate surface area is 97.2 Å². The number of halogens is 2. The molecule has 0 aromatic heterocycles. The van der Waals surface area contributed by atoms with Crippen LogP contribution >= 0.6 is 24.8 Å². The number of carbonyl (C=O) groups is 1. The van der Waals surface area contributed by atoms with Gasteiger partial charge in [-0.2, -0.15) is 0 Å². The first-order valence-corrected chi connectivity index (χ1v) is 2.26. The topological polar surface area (TPSA) is 89.3 Å². The van der Waals surface area contributed by atoms with Crippen LogP contribution in [0.1, 0.15) is 31.5 Å². The molecule has 0 aromatic carbocycles. The minimum Gasteiger partial charge on any atom is -0.480 e. The average Bonchev–Trinajstić information content (AvgIpc) is 2.14. The number of rotatable bonds is 5. The molecular weight excluding hydrogens is 211 g/mol. The van der Waals surface area contributed by atoms with Gasteiger partial charge < -0.3 is 16.6 Å². The molecule has 0 bridgehead atoms. The molecule has 0 rings (SSSR count). The van der Waals surface area contributed by atoms with Gasteiger partial charge in [0.2, 0.25) is 0 Å². The molecule has 4 nitrogen and oxygen atoms in total. The van der Waals surface area contributed by atoms with Crippen molar-refractivity contribution in [3.8, 4) is 0 Å². The van der Waals surface area contributed by atoms with Crippen LogP contribution in [0.15, 0.2) is 0 Å². The Balaban J connectivity index is -0.00000162. The fourth-order valence-corrected chi connectivity index (χ4v) is 0.188. The van der Waals surface area contributed by atoms with E-state index in [9.17, 15) is 4.79 Å². The lowest BCUT2D eigenvalue weighted by Gasteiger charge is -2.03. The highest BCUT2D eigenvalue weighted by atomic mass is 35.5. The summed E-state index contributed by atoms with van der Waals surface area (Å²) < 4.78 is 65.1. The monoisotopic (exact) mass is 235 g/mol. The Bertz CT molecular complexity index is 385. The maximum atomic E-state index is 10.7. The minimum atomic E-state index is -3.78. The highest BCUT2D eigenvalue weighted by Crippen LogP contribution is 1.96. The molecule has 0 aliphatic heterocycles. The number of nitrogens with two attached hydrogens (primary N) is 2. The van der Waals surface area contributed by atoms with E-state index in [1.54, 1.807) is 0 Å². The van der Waals surface area contributed by atoms with Crippen LogP contribution in [0.25, 0.3) is 0 Å². The number of hydrogen-bond acceptors (Lipinski definition) is 3. The minimum absolute atomic E-state index is 0. The summed E-state index contributed by atoms with van der Waals surface area (Å²) in [5, 5.41) is 8.64. The van der Waals surface area contributed by atoms with Crippen LogP contribution in [0.4, 0.5) is 0 Å². The maximum Gasteiger partial charge on any atom is 0.320 e. The van der Waals surface area contributed by atoms with Crippen molar-refractivity contribution in [2.75, 3.05) is 6.50 Å². The summed E-state index contributed by atoms with van der Waals surface area (Å²) in [7, 11) is 0. The Morgan fingerprint density at radius 2 is 2.08 bits per heavy atom. The van der Waals surface area contributed by atoms with Crippen LogP contribution < -0.4 is 11.5 Å². The Morgan fingerprint density at radius 3 is 2.42 bits per heavy atom. The van der Waals surface area contributed by atoms with Gasteiger partial charge in [-0.3, -0.25) is 4.79 Å². The molecule has 0 aliphatic carbocycles. The van der Waals surface area contributed by atoms with Gasteiger partial charge in [0.15, 0.2) is 0 Å². The van der Waals surface area contributed by atoms with Crippen molar-refractivity contribution in [3.05, 3.63) is 0 Å². The number of hydrogen-bond donors (Lipinski definition) is 3. The summed E-state index contributed by atoms with van der Waals surface area (Å²) in [6, 6.07) is -3.53. The zero-order valence-electron chi connectivity index (χ0n) is 14.8. The Hall–Kier alpha value is -0.0300. The van der Waals surface area contributed by atoms with E-state index in [0.717, 1.165) is 0 Å². The van der Waals surface area contributed by atoms with Crippen LogP contribution in [-0.4, -0.2) is 23.6 Å². The first-order chi connectivity index (χ1) is 7.94. The highest BCUT2D eigenvalue weighted by molar-refractivity contribution is 5.85. The van der Waals surface area contributed by atoms with E-state index in [1.165, 1.54) is 0 Å². The molecule has 0 unspecified atom stereocenters. The Morgan fingerprint density at radius 1 is 1.58 bits per heavy atom. The molecule has 0 fully saturated rings. The van der Waals surface area contributed by atoms with Gasteiger partial charge in [-0.15, -0.1) is 24.8 Å². The second kappa shape index (κ2) is 11.0. The lowest BCUT2D eigenvalue weighted by Crippen LogP contribution is -2.29. The molecule has 0 amide bonds. The van der Waals surface area contributed by atoms with Crippen LogP contribution in [0.5, 0.6) is 0 Å². The van der Waals surface area contributed by atoms with E-state index >= 15 is 0 Å². The second-order valence-electron chi connectivity index (χ2n) is 1.24. The summed E-state index contributed by atoms with van der Waals surface area (Å²) in [6.07, 6.45) is -11.2. The molecular formula is C6H16Cl2N2O2. The molecule has 0 radical (unpaired) electrons. The van der Waals surface area contributed by atoms with Gasteiger partial charge in [0.25, 0.3) is 0 Å². The third-order valence-electron chi connectivity index (χ3n) is 0.562. The van der Waals surface area contributed by atoms with Crippen molar-refractivity contribution >= 4 is 30.8 Å². The molecule has 12 heavy (non-hydrogen) atoms. The number of carboxylic acids is 1. The Kier molecular flexibility index (Phi) is 4.08. The van der Waals surface area contributed by atoms with Gasteiger partial charge in [0, 0.05) is 11.0 Å². The normalized spacial score (nSPS) is 29.3. The van der Waals surface area contributed by atoms with Crippen LogP contribution in [0.2, 0.25) is 0 Å². The SMILES string of the molecule is Cl.Cl.[2H][13C]([2H])([15NH2])[13C]([2H])([2H])[13C]([2H])([2H])[13C]([2H])([2H])[13C@]([2H])([15NH2])[13C](=O)O. The van der Waals surface area contributed by atoms with Crippen molar-refractivity contribution < 1.29 is 22.2 Å². The summed E-state index contributed by atoms with van der Waals surface area (Å²) in [5.74, 6) is -2.23. The molecule has 0 saturated heterocycles. The fraction of sp³-hybridized carbons (Fsp3) is 0.833. The lowest BCUT2D eigenvalue weighted by atomic mass is 11.1. The van der Waals surface area contributed by atoms with Crippen molar-refractivity contribution in [3.63, 3.8) is 0 Å².